The van der Waals surface area contributed by atoms with Gasteiger partial charge in [0.15, 0.2) is 5.13 Å². The molecule has 1 fully saturated rings. The molecule has 2 heterocycles. The van der Waals surface area contributed by atoms with Gasteiger partial charge >= 0.3 is 6.03 Å². The number of fused-ring (bicyclic) bond motifs is 1. The van der Waals surface area contributed by atoms with Crippen molar-refractivity contribution >= 4 is 32.5 Å². The highest BCUT2D eigenvalue weighted by Gasteiger charge is 2.28. The zero-order valence-electron chi connectivity index (χ0n) is 14.6. The molecule has 140 valence electrons. The number of carbonyl (C=O) groups excluding carboxylic acids is 1. The van der Waals surface area contributed by atoms with Crippen LogP contribution in [0.1, 0.15) is 49.6 Å². The first-order valence-electron chi connectivity index (χ1n) is 9.02. The van der Waals surface area contributed by atoms with Crippen LogP contribution in [-0.4, -0.2) is 48.6 Å². The molecule has 0 atom stereocenters. The molecule has 1 saturated heterocycles. The van der Waals surface area contributed by atoms with Gasteiger partial charge in [-0.3, -0.25) is 5.32 Å². The summed E-state index contributed by atoms with van der Waals surface area (Å²) in [5, 5.41) is 6.44. The molecule has 0 radical (unpaired) electrons. The topological polar surface area (TPSA) is 91.4 Å². The molecule has 2 aliphatic rings. The fourth-order valence-electron chi connectivity index (χ4n) is 3.39. The lowest BCUT2D eigenvalue weighted by atomic mass is 10.0. The standard InChI is InChI=1S/C16H26N4O3S2/c1-2-11-25(22,23)20-9-7-12(8-10-20)17-15(21)19-16-18-13-5-3-4-6-14(13)24-16/h12H,2-11H2,1H3,(H2,17,18,19,21). The lowest BCUT2D eigenvalue weighted by Gasteiger charge is -2.31. The molecule has 0 saturated carbocycles. The van der Waals surface area contributed by atoms with E-state index >= 15 is 0 Å². The van der Waals surface area contributed by atoms with E-state index in [1.54, 1.807) is 15.6 Å². The van der Waals surface area contributed by atoms with E-state index in [4.69, 9.17) is 0 Å². The lowest BCUT2D eigenvalue weighted by molar-refractivity contribution is 0.238. The number of nitrogens with one attached hydrogen (secondary N) is 2. The van der Waals surface area contributed by atoms with Gasteiger partial charge in [0.05, 0.1) is 11.4 Å². The quantitative estimate of drug-likeness (QED) is 0.813. The Bertz CT molecular complexity index is 685. The number of sulfonamides is 1. The van der Waals surface area contributed by atoms with Crippen molar-refractivity contribution in [2.24, 2.45) is 0 Å². The van der Waals surface area contributed by atoms with Crippen molar-refractivity contribution in [3.63, 3.8) is 0 Å². The van der Waals surface area contributed by atoms with Gasteiger partial charge in [-0.15, -0.1) is 11.3 Å². The molecular weight excluding hydrogens is 360 g/mol. The predicted octanol–water partition coefficient (Wildman–Crippen LogP) is 2.35. The Balaban J connectivity index is 1.47. The summed E-state index contributed by atoms with van der Waals surface area (Å²) in [6.45, 7) is 2.81. The number of amides is 2. The van der Waals surface area contributed by atoms with Crippen LogP contribution in [0, 0.1) is 0 Å². The van der Waals surface area contributed by atoms with Crippen LogP contribution in [0.25, 0.3) is 0 Å². The molecule has 1 aliphatic carbocycles. The second-order valence-electron chi connectivity index (χ2n) is 6.68. The minimum absolute atomic E-state index is 0.00247. The van der Waals surface area contributed by atoms with Gasteiger partial charge in [0.2, 0.25) is 10.0 Å². The third-order valence-corrected chi connectivity index (χ3v) is 7.86. The lowest BCUT2D eigenvalue weighted by Crippen LogP contribution is -2.47. The van der Waals surface area contributed by atoms with E-state index in [-0.39, 0.29) is 17.8 Å². The highest BCUT2D eigenvalue weighted by atomic mass is 32.2. The average molecular weight is 387 g/mol. The fourth-order valence-corrected chi connectivity index (χ4v) is 5.98. The average Bonchev–Trinajstić information content (AvgIpc) is 2.97. The second kappa shape index (κ2) is 8.01. The normalized spacial score (nSPS) is 19.4. The van der Waals surface area contributed by atoms with Gasteiger partial charge < -0.3 is 5.32 Å². The molecule has 3 rings (SSSR count). The second-order valence-corrected chi connectivity index (χ2v) is 9.86. The SMILES string of the molecule is CCCS(=O)(=O)N1CCC(NC(=O)Nc2nc3c(s2)CCCC3)CC1. The van der Waals surface area contributed by atoms with Crippen LogP contribution in [0.2, 0.25) is 0 Å². The van der Waals surface area contributed by atoms with Crippen LogP contribution in [0.5, 0.6) is 0 Å². The number of hydrogen-bond donors (Lipinski definition) is 2. The number of aromatic nitrogens is 1. The number of aryl methyl sites for hydroxylation is 2. The first-order chi connectivity index (χ1) is 12.0. The van der Waals surface area contributed by atoms with Crippen molar-refractivity contribution in [3.05, 3.63) is 10.6 Å². The maximum atomic E-state index is 12.2. The summed E-state index contributed by atoms with van der Waals surface area (Å²) in [5.41, 5.74) is 1.13. The van der Waals surface area contributed by atoms with Crippen LogP contribution < -0.4 is 10.6 Å². The van der Waals surface area contributed by atoms with Crippen LogP contribution in [0.3, 0.4) is 0 Å². The highest BCUT2D eigenvalue weighted by molar-refractivity contribution is 7.89. The van der Waals surface area contributed by atoms with Crippen molar-refractivity contribution in [1.82, 2.24) is 14.6 Å². The molecule has 1 aromatic heterocycles. The summed E-state index contributed by atoms with van der Waals surface area (Å²) in [6, 6.07) is -0.247. The van der Waals surface area contributed by atoms with E-state index in [1.807, 2.05) is 6.92 Å². The summed E-state index contributed by atoms with van der Waals surface area (Å²) in [4.78, 5) is 18.0. The molecule has 2 amide bonds. The fraction of sp³-hybridized carbons (Fsp3) is 0.750. The summed E-state index contributed by atoms with van der Waals surface area (Å²) in [7, 11) is -3.14. The third kappa shape index (κ3) is 4.71. The number of piperidine rings is 1. The molecule has 2 N–H and O–H groups in total. The number of carbonyl (C=O) groups is 1. The maximum absolute atomic E-state index is 12.2. The molecule has 0 spiro atoms. The summed E-state index contributed by atoms with van der Waals surface area (Å²) in [5.74, 6) is 0.195. The molecule has 0 aromatic carbocycles. The Morgan fingerprint density at radius 3 is 2.68 bits per heavy atom. The van der Waals surface area contributed by atoms with Crippen molar-refractivity contribution < 1.29 is 13.2 Å². The number of rotatable bonds is 5. The van der Waals surface area contributed by atoms with E-state index < -0.39 is 10.0 Å². The monoisotopic (exact) mass is 386 g/mol. The van der Waals surface area contributed by atoms with Crippen molar-refractivity contribution in [2.45, 2.75) is 57.9 Å². The van der Waals surface area contributed by atoms with Gasteiger partial charge in [-0.25, -0.2) is 22.5 Å². The van der Waals surface area contributed by atoms with Gasteiger partial charge in [0.25, 0.3) is 0 Å². The van der Waals surface area contributed by atoms with Crippen molar-refractivity contribution in [2.75, 3.05) is 24.2 Å². The van der Waals surface area contributed by atoms with Crippen LogP contribution >= 0.6 is 11.3 Å². The van der Waals surface area contributed by atoms with Gasteiger partial charge in [-0.1, -0.05) is 6.92 Å². The number of thiazole rings is 1. The van der Waals surface area contributed by atoms with E-state index in [0.29, 0.717) is 37.5 Å². The van der Waals surface area contributed by atoms with Crippen molar-refractivity contribution in [1.29, 1.82) is 0 Å². The van der Waals surface area contributed by atoms with E-state index in [9.17, 15) is 13.2 Å². The Hall–Kier alpha value is -1.19. The molecule has 0 bridgehead atoms. The molecular formula is C16H26N4O3S2. The van der Waals surface area contributed by atoms with Crippen LogP contribution in [0.4, 0.5) is 9.93 Å². The molecule has 0 unspecified atom stereocenters. The molecule has 25 heavy (non-hydrogen) atoms. The maximum Gasteiger partial charge on any atom is 0.321 e. The van der Waals surface area contributed by atoms with Crippen LogP contribution in [0.15, 0.2) is 0 Å². The van der Waals surface area contributed by atoms with Crippen molar-refractivity contribution in [3.8, 4) is 0 Å². The Kier molecular flexibility index (Phi) is 5.96. The Morgan fingerprint density at radius 2 is 2.00 bits per heavy atom. The smallest absolute Gasteiger partial charge is 0.321 e. The van der Waals surface area contributed by atoms with Crippen LogP contribution in [-0.2, 0) is 22.9 Å². The zero-order chi connectivity index (χ0) is 17.9. The number of hydrogen-bond acceptors (Lipinski definition) is 5. The first kappa shape index (κ1) is 18.6. The Morgan fingerprint density at radius 1 is 1.28 bits per heavy atom. The van der Waals surface area contributed by atoms with E-state index in [1.165, 1.54) is 17.7 Å². The van der Waals surface area contributed by atoms with E-state index in [0.717, 1.165) is 18.5 Å². The molecule has 7 nitrogen and oxygen atoms in total. The minimum atomic E-state index is -3.14. The molecule has 1 aromatic rings. The van der Waals surface area contributed by atoms with Gasteiger partial charge in [0, 0.05) is 24.0 Å². The van der Waals surface area contributed by atoms with Gasteiger partial charge in [-0.05, 0) is 44.9 Å². The first-order valence-corrected chi connectivity index (χ1v) is 11.4. The summed E-state index contributed by atoms with van der Waals surface area (Å²) < 4.78 is 25.7. The number of urea groups is 1. The summed E-state index contributed by atoms with van der Waals surface area (Å²) >= 11 is 1.56. The van der Waals surface area contributed by atoms with Gasteiger partial charge in [0.1, 0.15) is 0 Å². The number of nitrogens with zero attached hydrogens (tertiary/aromatic N) is 2. The third-order valence-electron chi connectivity index (χ3n) is 4.71. The van der Waals surface area contributed by atoms with Gasteiger partial charge in [-0.2, -0.15) is 0 Å². The molecule has 1 aliphatic heterocycles. The predicted molar refractivity (Wildman–Crippen MR) is 99.6 cm³/mol. The largest absolute Gasteiger partial charge is 0.335 e. The minimum Gasteiger partial charge on any atom is -0.335 e. The number of anilines is 1. The molecule has 9 heteroatoms. The van der Waals surface area contributed by atoms with E-state index in [2.05, 4.69) is 15.6 Å². The highest BCUT2D eigenvalue weighted by Crippen LogP contribution is 2.29. The Labute approximate surface area is 153 Å². The zero-order valence-corrected chi connectivity index (χ0v) is 16.2. The summed E-state index contributed by atoms with van der Waals surface area (Å²) in [6.07, 6.45) is 6.33.